The molecule has 1 N–H and O–H groups in total. The van der Waals surface area contributed by atoms with Gasteiger partial charge in [0.1, 0.15) is 5.51 Å². The van der Waals surface area contributed by atoms with Crippen LogP contribution in [-0.2, 0) is 4.79 Å². The van der Waals surface area contributed by atoms with Crippen molar-refractivity contribution < 1.29 is 4.79 Å². The van der Waals surface area contributed by atoms with Gasteiger partial charge in [-0.3, -0.25) is 4.79 Å². The molecule has 0 bridgehead atoms. The van der Waals surface area contributed by atoms with Gasteiger partial charge in [-0.1, -0.05) is 36.9 Å². The zero-order valence-corrected chi connectivity index (χ0v) is 10.7. The van der Waals surface area contributed by atoms with Gasteiger partial charge in [-0.15, -0.1) is 10.2 Å². The lowest BCUT2D eigenvalue weighted by Crippen LogP contribution is -2.33. The van der Waals surface area contributed by atoms with Crippen molar-refractivity contribution in [2.45, 2.75) is 30.4 Å². The van der Waals surface area contributed by atoms with E-state index in [1.54, 1.807) is 5.51 Å². The van der Waals surface area contributed by atoms with Crippen LogP contribution >= 0.6 is 23.1 Å². The lowest BCUT2D eigenvalue weighted by molar-refractivity contribution is -0.120. The predicted molar refractivity (Wildman–Crippen MR) is 63.1 cm³/mol. The molecule has 0 aromatic carbocycles. The second kappa shape index (κ2) is 6.07. The van der Waals surface area contributed by atoms with Gasteiger partial charge >= 0.3 is 0 Å². The van der Waals surface area contributed by atoms with Crippen molar-refractivity contribution in [1.29, 1.82) is 0 Å². The Balaban J connectivity index is 2.33. The molecule has 0 spiro atoms. The Hall–Kier alpha value is -0.620. The van der Waals surface area contributed by atoms with Crippen molar-refractivity contribution in [2.24, 2.45) is 5.92 Å². The number of hydrogen-bond acceptors (Lipinski definition) is 5. The average molecular weight is 245 g/mol. The van der Waals surface area contributed by atoms with E-state index >= 15 is 0 Å². The fraction of sp³-hybridized carbons (Fsp3) is 0.667. The Morgan fingerprint density at radius 2 is 2.33 bits per heavy atom. The average Bonchev–Trinajstić information content (AvgIpc) is 2.66. The maximum absolute atomic E-state index is 11.6. The number of thioether (sulfide) groups is 1. The summed E-state index contributed by atoms with van der Waals surface area (Å²) in [5.41, 5.74) is 1.67. The molecule has 1 aromatic heterocycles. The first kappa shape index (κ1) is 12.4. The summed E-state index contributed by atoms with van der Waals surface area (Å²) >= 11 is 2.90. The molecule has 0 aliphatic carbocycles. The van der Waals surface area contributed by atoms with E-state index < -0.39 is 0 Å². The van der Waals surface area contributed by atoms with E-state index in [0.29, 0.717) is 5.92 Å². The first-order valence-electron chi connectivity index (χ1n) is 4.80. The monoisotopic (exact) mass is 245 g/mol. The topological polar surface area (TPSA) is 54.9 Å². The first-order valence-corrected chi connectivity index (χ1v) is 6.56. The summed E-state index contributed by atoms with van der Waals surface area (Å²) in [6.45, 7) is 6.74. The van der Waals surface area contributed by atoms with E-state index in [1.165, 1.54) is 23.1 Å². The van der Waals surface area contributed by atoms with Crippen LogP contribution in [0.4, 0.5) is 0 Å². The van der Waals surface area contributed by atoms with E-state index in [1.807, 2.05) is 6.92 Å². The van der Waals surface area contributed by atoms with Crippen molar-refractivity contribution in [3.63, 3.8) is 0 Å². The minimum atomic E-state index is -0.114. The van der Waals surface area contributed by atoms with E-state index in [9.17, 15) is 4.79 Å². The van der Waals surface area contributed by atoms with E-state index in [2.05, 4.69) is 29.4 Å². The molecular formula is C9H15N3OS2. The Kier molecular flexibility index (Phi) is 5.04. The van der Waals surface area contributed by atoms with Crippen LogP contribution in [0.15, 0.2) is 9.85 Å². The van der Waals surface area contributed by atoms with Gasteiger partial charge < -0.3 is 5.32 Å². The van der Waals surface area contributed by atoms with Gasteiger partial charge in [-0.25, -0.2) is 0 Å². The highest BCUT2D eigenvalue weighted by Crippen LogP contribution is 2.23. The number of aromatic nitrogens is 2. The predicted octanol–water partition coefficient (Wildman–Crippen LogP) is 1.79. The van der Waals surface area contributed by atoms with Crippen LogP contribution in [0.3, 0.4) is 0 Å². The fourth-order valence-electron chi connectivity index (χ4n) is 0.867. The molecule has 1 amide bonds. The van der Waals surface area contributed by atoms with Crippen LogP contribution in [0.5, 0.6) is 0 Å². The van der Waals surface area contributed by atoms with E-state index in [0.717, 1.165) is 10.9 Å². The van der Waals surface area contributed by atoms with E-state index in [4.69, 9.17) is 0 Å². The summed E-state index contributed by atoms with van der Waals surface area (Å²) < 4.78 is 0.835. The molecule has 1 atom stereocenters. The molecular weight excluding hydrogens is 230 g/mol. The molecule has 0 saturated heterocycles. The Morgan fingerprint density at radius 1 is 1.60 bits per heavy atom. The Labute approximate surface area is 97.9 Å². The third-order valence-electron chi connectivity index (χ3n) is 1.67. The summed E-state index contributed by atoms with van der Waals surface area (Å²) in [6, 6.07) is 0. The van der Waals surface area contributed by atoms with Crippen LogP contribution in [-0.4, -0.2) is 27.9 Å². The van der Waals surface area contributed by atoms with Gasteiger partial charge in [0.15, 0.2) is 4.34 Å². The van der Waals surface area contributed by atoms with Gasteiger partial charge in [0.2, 0.25) is 5.91 Å². The molecule has 4 nitrogen and oxygen atoms in total. The third-order valence-corrected chi connectivity index (χ3v) is 3.58. The van der Waals surface area contributed by atoms with Crippen LogP contribution in [0.25, 0.3) is 0 Å². The highest BCUT2D eigenvalue weighted by Gasteiger charge is 2.15. The largest absolute Gasteiger partial charge is 0.355 e. The van der Waals surface area contributed by atoms with Crippen LogP contribution in [0.1, 0.15) is 20.8 Å². The second-order valence-electron chi connectivity index (χ2n) is 3.60. The summed E-state index contributed by atoms with van der Waals surface area (Å²) in [5, 5.41) is 10.4. The minimum Gasteiger partial charge on any atom is -0.355 e. The zero-order valence-electron chi connectivity index (χ0n) is 9.06. The molecule has 0 saturated carbocycles. The minimum absolute atomic E-state index is 0.0592. The molecule has 0 fully saturated rings. The van der Waals surface area contributed by atoms with Crippen molar-refractivity contribution >= 4 is 29.0 Å². The quantitative estimate of drug-likeness (QED) is 0.804. The number of amides is 1. The maximum Gasteiger partial charge on any atom is 0.233 e. The van der Waals surface area contributed by atoms with Crippen molar-refractivity contribution in [2.75, 3.05) is 6.54 Å². The lowest BCUT2D eigenvalue weighted by atomic mass is 10.2. The normalized spacial score (nSPS) is 12.8. The standard InChI is InChI=1S/C9H15N3OS2/c1-6(2)4-10-8(13)7(3)15-9-12-11-5-14-9/h5-7H,4H2,1-3H3,(H,10,13). The SMILES string of the molecule is CC(C)CNC(=O)C(C)Sc1nncs1. The van der Waals surface area contributed by atoms with Crippen molar-refractivity contribution in [1.82, 2.24) is 15.5 Å². The van der Waals surface area contributed by atoms with Crippen molar-refractivity contribution in [3.05, 3.63) is 5.51 Å². The number of nitrogens with one attached hydrogen (secondary N) is 1. The Bertz CT molecular complexity index is 300. The number of nitrogens with zero attached hydrogens (tertiary/aromatic N) is 2. The van der Waals surface area contributed by atoms with Gasteiger partial charge in [-0.05, 0) is 12.8 Å². The van der Waals surface area contributed by atoms with Gasteiger partial charge in [-0.2, -0.15) is 0 Å². The molecule has 0 aliphatic heterocycles. The number of carbonyl (C=O) groups is 1. The molecule has 15 heavy (non-hydrogen) atoms. The summed E-state index contributed by atoms with van der Waals surface area (Å²) in [6.07, 6.45) is 0. The zero-order chi connectivity index (χ0) is 11.3. The highest BCUT2D eigenvalue weighted by atomic mass is 32.2. The molecule has 1 heterocycles. The number of carbonyl (C=O) groups excluding carboxylic acids is 1. The van der Waals surface area contributed by atoms with Crippen LogP contribution < -0.4 is 5.32 Å². The summed E-state index contributed by atoms with van der Waals surface area (Å²) in [4.78, 5) is 11.6. The lowest BCUT2D eigenvalue weighted by Gasteiger charge is -2.11. The Morgan fingerprint density at radius 3 is 2.87 bits per heavy atom. The van der Waals surface area contributed by atoms with Crippen molar-refractivity contribution in [3.8, 4) is 0 Å². The molecule has 1 unspecified atom stereocenters. The van der Waals surface area contributed by atoms with Crippen LogP contribution in [0.2, 0.25) is 0 Å². The van der Waals surface area contributed by atoms with Crippen LogP contribution in [0, 0.1) is 5.92 Å². The molecule has 0 aliphatic rings. The smallest absolute Gasteiger partial charge is 0.233 e. The fourth-order valence-corrected chi connectivity index (χ4v) is 2.52. The molecule has 6 heteroatoms. The maximum atomic E-state index is 11.6. The number of hydrogen-bond donors (Lipinski definition) is 1. The highest BCUT2D eigenvalue weighted by molar-refractivity contribution is 8.02. The molecule has 1 aromatic rings. The van der Waals surface area contributed by atoms with Gasteiger partial charge in [0, 0.05) is 6.54 Å². The third kappa shape index (κ3) is 4.61. The summed E-state index contributed by atoms with van der Waals surface area (Å²) in [5.74, 6) is 0.538. The molecule has 84 valence electrons. The van der Waals surface area contributed by atoms with E-state index in [-0.39, 0.29) is 11.2 Å². The van der Waals surface area contributed by atoms with Gasteiger partial charge in [0.05, 0.1) is 5.25 Å². The first-order chi connectivity index (χ1) is 7.09. The summed E-state index contributed by atoms with van der Waals surface area (Å²) in [7, 11) is 0. The number of rotatable bonds is 5. The molecule has 1 rings (SSSR count). The second-order valence-corrected chi connectivity index (χ2v) is 6.02. The van der Waals surface area contributed by atoms with Gasteiger partial charge in [0.25, 0.3) is 0 Å². The molecule has 0 radical (unpaired) electrons.